The summed E-state index contributed by atoms with van der Waals surface area (Å²) >= 11 is 0. The van der Waals surface area contributed by atoms with E-state index >= 15 is 0 Å². The van der Waals surface area contributed by atoms with Crippen LogP contribution in [-0.2, 0) is 4.79 Å². The number of rotatable bonds is 7. The number of carbonyl (C=O) groups excluding carboxylic acids is 1. The average molecular weight is 431 g/mol. The molecule has 1 N–H and O–H groups in total. The van der Waals surface area contributed by atoms with Crippen molar-refractivity contribution in [1.29, 1.82) is 0 Å². The number of carbonyl (C=O) groups is 1. The van der Waals surface area contributed by atoms with Crippen molar-refractivity contribution in [2.45, 2.75) is 26.7 Å². The number of benzene rings is 3. The third kappa shape index (κ3) is 4.75. The first kappa shape index (κ1) is 21.4. The minimum atomic E-state index is -0.235. The van der Waals surface area contributed by atoms with Crippen LogP contribution in [0.5, 0.6) is 11.5 Å². The summed E-state index contributed by atoms with van der Waals surface area (Å²) in [5.74, 6) is 2.00. The average Bonchev–Trinajstić information content (AvgIpc) is 3.21. The van der Waals surface area contributed by atoms with Crippen LogP contribution in [0.4, 0.5) is 5.69 Å². The second kappa shape index (κ2) is 9.14. The summed E-state index contributed by atoms with van der Waals surface area (Å²) in [6, 6.07) is 18.9. The molecule has 6 nitrogen and oxygen atoms in total. The van der Waals surface area contributed by atoms with Gasteiger partial charge in [-0.05, 0) is 60.4 Å². The molecule has 0 unspecified atom stereocenters. The van der Waals surface area contributed by atoms with Gasteiger partial charge < -0.3 is 19.2 Å². The lowest BCUT2D eigenvalue weighted by atomic mass is 10.0. The number of nitrogens with zero attached hydrogens (tertiary/aromatic N) is 1. The first-order valence-corrected chi connectivity index (χ1v) is 10.5. The van der Waals surface area contributed by atoms with Crippen LogP contribution in [0.15, 0.2) is 65.1 Å². The zero-order chi connectivity index (χ0) is 22.7. The molecular weight excluding hydrogens is 404 g/mol. The van der Waals surface area contributed by atoms with Gasteiger partial charge in [-0.1, -0.05) is 32.0 Å². The van der Waals surface area contributed by atoms with Crippen molar-refractivity contribution < 1.29 is 18.7 Å². The van der Waals surface area contributed by atoms with Crippen molar-refractivity contribution in [1.82, 2.24) is 4.98 Å². The van der Waals surface area contributed by atoms with Crippen LogP contribution in [0.2, 0.25) is 0 Å². The lowest BCUT2D eigenvalue weighted by molar-refractivity contribution is -0.118. The number of aryl methyl sites for hydroxylation is 1. The number of amides is 1. The van der Waals surface area contributed by atoms with Gasteiger partial charge in [-0.15, -0.1) is 0 Å². The van der Waals surface area contributed by atoms with Gasteiger partial charge in [0.25, 0.3) is 5.91 Å². The maximum Gasteiger partial charge on any atom is 0.262 e. The van der Waals surface area contributed by atoms with Crippen molar-refractivity contribution in [2.24, 2.45) is 0 Å². The second-order valence-corrected chi connectivity index (χ2v) is 7.97. The van der Waals surface area contributed by atoms with E-state index < -0.39 is 0 Å². The number of hydrogen-bond donors (Lipinski definition) is 1. The molecule has 0 atom stereocenters. The Bertz CT molecular complexity index is 1260. The maximum atomic E-state index is 12.5. The molecule has 1 heterocycles. The van der Waals surface area contributed by atoms with Crippen LogP contribution in [0.3, 0.4) is 0 Å². The Morgan fingerprint density at radius 3 is 2.72 bits per heavy atom. The third-order valence-corrected chi connectivity index (χ3v) is 5.14. The number of oxazole rings is 1. The quantitative estimate of drug-likeness (QED) is 0.392. The van der Waals surface area contributed by atoms with Gasteiger partial charge in [-0.25, -0.2) is 4.98 Å². The minimum Gasteiger partial charge on any atom is -0.497 e. The Hall–Kier alpha value is -3.80. The zero-order valence-electron chi connectivity index (χ0n) is 18.6. The molecule has 0 fully saturated rings. The summed E-state index contributed by atoms with van der Waals surface area (Å²) in [6.07, 6.45) is 0. The van der Waals surface area contributed by atoms with Gasteiger partial charge >= 0.3 is 0 Å². The van der Waals surface area contributed by atoms with E-state index in [2.05, 4.69) is 30.2 Å². The Morgan fingerprint density at radius 2 is 1.94 bits per heavy atom. The van der Waals surface area contributed by atoms with Crippen molar-refractivity contribution in [2.75, 3.05) is 19.0 Å². The van der Waals surface area contributed by atoms with Gasteiger partial charge in [0, 0.05) is 17.3 Å². The van der Waals surface area contributed by atoms with Gasteiger partial charge in [-0.2, -0.15) is 0 Å². The Kier molecular flexibility index (Phi) is 6.12. The molecule has 3 aromatic carbocycles. The summed E-state index contributed by atoms with van der Waals surface area (Å²) < 4.78 is 16.9. The molecule has 164 valence electrons. The first-order chi connectivity index (χ1) is 15.4. The Balaban J connectivity index is 1.46. The highest BCUT2D eigenvalue weighted by Crippen LogP contribution is 2.29. The first-order valence-electron chi connectivity index (χ1n) is 10.5. The summed E-state index contributed by atoms with van der Waals surface area (Å²) in [5, 5.41) is 2.88. The molecule has 1 amide bonds. The van der Waals surface area contributed by atoms with E-state index in [1.54, 1.807) is 7.11 Å². The van der Waals surface area contributed by atoms with E-state index in [1.165, 1.54) is 0 Å². The standard InChI is InChI=1S/C26H26N2O4/c1-16(2)21-10-8-17(3)12-24(21)31-15-25(29)27-19-7-5-6-18(13-19)26-28-22-14-20(30-4)9-11-23(22)32-26/h5-14,16H,15H2,1-4H3,(H,27,29). The zero-order valence-corrected chi connectivity index (χ0v) is 18.6. The Morgan fingerprint density at radius 1 is 1.09 bits per heavy atom. The summed E-state index contributed by atoms with van der Waals surface area (Å²) in [4.78, 5) is 17.1. The fourth-order valence-corrected chi connectivity index (χ4v) is 3.47. The lowest BCUT2D eigenvalue weighted by Gasteiger charge is -2.15. The van der Waals surface area contributed by atoms with Crippen molar-refractivity contribution in [3.05, 3.63) is 71.8 Å². The molecule has 6 heteroatoms. The molecule has 4 aromatic rings. The minimum absolute atomic E-state index is 0.0733. The number of ether oxygens (including phenoxy) is 2. The van der Waals surface area contributed by atoms with E-state index in [-0.39, 0.29) is 12.5 Å². The molecule has 0 saturated heterocycles. The molecule has 4 rings (SSSR count). The highest BCUT2D eigenvalue weighted by Gasteiger charge is 2.13. The SMILES string of the molecule is COc1ccc2oc(-c3cccc(NC(=O)COc4cc(C)ccc4C(C)C)c3)nc2c1. The third-order valence-electron chi connectivity index (χ3n) is 5.14. The van der Waals surface area contributed by atoms with E-state index in [0.29, 0.717) is 34.3 Å². The number of hydrogen-bond acceptors (Lipinski definition) is 5. The van der Waals surface area contributed by atoms with Crippen LogP contribution in [0.25, 0.3) is 22.6 Å². The summed E-state index contributed by atoms with van der Waals surface area (Å²) in [7, 11) is 1.61. The van der Waals surface area contributed by atoms with Crippen LogP contribution in [-0.4, -0.2) is 24.6 Å². The number of aromatic nitrogens is 1. The monoisotopic (exact) mass is 430 g/mol. The van der Waals surface area contributed by atoms with Crippen LogP contribution < -0.4 is 14.8 Å². The van der Waals surface area contributed by atoms with Gasteiger partial charge in [0.1, 0.15) is 17.0 Å². The number of methoxy groups -OCH3 is 1. The molecule has 32 heavy (non-hydrogen) atoms. The number of fused-ring (bicyclic) bond motifs is 1. The molecule has 0 radical (unpaired) electrons. The molecule has 0 aliphatic rings. The fourth-order valence-electron chi connectivity index (χ4n) is 3.47. The highest BCUT2D eigenvalue weighted by atomic mass is 16.5. The van der Waals surface area contributed by atoms with E-state index in [0.717, 1.165) is 22.4 Å². The molecule has 0 aliphatic heterocycles. The van der Waals surface area contributed by atoms with Crippen molar-refractivity contribution in [3.8, 4) is 23.0 Å². The van der Waals surface area contributed by atoms with E-state index in [4.69, 9.17) is 13.9 Å². The van der Waals surface area contributed by atoms with Crippen LogP contribution >= 0.6 is 0 Å². The molecule has 0 saturated carbocycles. The molecular formula is C26H26N2O4. The molecule has 0 aliphatic carbocycles. The van der Waals surface area contributed by atoms with Gasteiger partial charge in [0.2, 0.25) is 5.89 Å². The van der Waals surface area contributed by atoms with Crippen molar-refractivity contribution >= 4 is 22.7 Å². The van der Waals surface area contributed by atoms with E-state index in [9.17, 15) is 4.79 Å². The maximum absolute atomic E-state index is 12.5. The second-order valence-electron chi connectivity index (χ2n) is 7.97. The predicted molar refractivity (Wildman–Crippen MR) is 125 cm³/mol. The topological polar surface area (TPSA) is 73.6 Å². The van der Waals surface area contributed by atoms with Gasteiger partial charge in [0.15, 0.2) is 12.2 Å². The molecule has 0 spiro atoms. The van der Waals surface area contributed by atoms with Crippen LogP contribution in [0, 0.1) is 6.92 Å². The predicted octanol–water partition coefficient (Wildman–Crippen LogP) is 5.95. The van der Waals surface area contributed by atoms with Crippen molar-refractivity contribution in [3.63, 3.8) is 0 Å². The number of nitrogens with one attached hydrogen (secondary N) is 1. The van der Waals surface area contributed by atoms with Crippen LogP contribution in [0.1, 0.15) is 30.9 Å². The highest BCUT2D eigenvalue weighted by molar-refractivity contribution is 5.92. The Labute approximate surface area is 187 Å². The smallest absolute Gasteiger partial charge is 0.262 e. The molecule has 0 bridgehead atoms. The molecule has 1 aromatic heterocycles. The largest absolute Gasteiger partial charge is 0.497 e. The van der Waals surface area contributed by atoms with Gasteiger partial charge in [0.05, 0.1) is 7.11 Å². The normalized spacial score (nSPS) is 11.0. The van der Waals surface area contributed by atoms with Gasteiger partial charge in [-0.3, -0.25) is 4.79 Å². The lowest BCUT2D eigenvalue weighted by Crippen LogP contribution is -2.20. The summed E-state index contributed by atoms with van der Waals surface area (Å²) in [5.41, 5.74) is 4.96. The number of anilines is 1. The fraction of sp³-hybridized carbons (Fsp3) is 0.231. The van der Waals surface area contributed by atoms with E-state index in [1.807, 2.05) is 61.5 Å². The summed E-state index contributed by atoms with van der Waals surface area (Å²) in [6.45, 7) is 6.14.